The van der Waals surface area contributed by atoms with Crippen LogP contribution in [-0.2, 0) is 0 Å². The highest BCUT2D eigenvalue weighted by Crippen LogP contribution is 2.27. The molecular formula is C15H18N2O3S. The summed E-state index contributed by atoms with van der Waals surface area (Å²) >= 11 is 1.32. The number of aromatic carboxylic acids is 1. The number of rotatable bonds is 7. The topological polar surface area (TPSA) is 62.7 Å². The molecule has 1 N–H and O–H groups in total. The van der Waals surface area contributed by atoms with Gasteiger partial charge in [-0.1, -0.05) is 12.1 Å². The largest absolute Gasteiger partial charge is 0.494 e. The lowest BCUT2D eigenvalue weighted by Crippen LogP contribution is -2.15. The normalized spacial score (nSPS) is 10.8. The maximum absolute atomic E-state index is 10.9. The van der Waals surface area contributed by atoms with Crippen molar-refractivity contribution in [2.75, 3.05) is 27.2 Å². The molecular weight excluding hydrogens is 288 g/mol. The van der Waals surface area contributed by atoms with E-state index >= 15 is 0 Å². The van der Waals surface area contributed by atoms with Crippen molar-refractivity contribution in [2.45, 2.75) is 6.42 Å². The third-order valence-corrected chi connectivity index (χ3v) is 3.71. The molecule has 2 rings (SSSR count). The fourth-order valence-electron chi connectivity index (χ4n) is 1.79. The van der Waals surface area contributed by atoms with Gasteiger partial charge in [0.05, 0.1) is 6.61 Å². The fourth-order valence-corrected chi connectivity index (χ4v) is 2.59. The lowest BCUT2D eigenvalue weighted by molar-refractivity contribution is 0.0691. The smallest absolute Gasteiger partial charge is 0.355 e. The first-order valence-electron chi connectivity index (χ1n) is 6.63. The first-order valence-corrected chi connectivity index (χ1v) is 7.51. The summed E-state index contributed by atoms with van der Waals surface area (Å²) in [5.41, 5.74) is 0.949. The minimum absolute atomic E-state index is 0.0762. The first kappa shape index (κ1) is 15.5. The molecule has 0 spiro atoms. The average molecular weight is 306 g/mol. The highest BCUT2D eigenvalue weighted by molar-refractivity contribution is 7.13. The number of carboxylic acids is 1. The van der Waals surface area contributed by atoms with Gasteiger partial charge in [-0.25, -0.2) is 9.78 Å². The zero-order valence-electron chi connectivity index (χ0n) is 12.1. The van der Waals surface area contributed by atoms with E-state index in [1.165, 1.54) is 11.3 Å². The summed E-state index contributed by atoms with van der Waals surface area (Å²) in [4.78, 5) is 17.1. The van der Waals surface area contributed by atoms with E-state index in [4.69, 9.17) is 9.84 Å². The molecule has 0 atom stereocenters. The van der Waals surface area contributed by atoms with Gasteiger partial charge in [-0.2, -0.15) is 0 Å². The number of nitrogens with zero attached hydrogens (tertiary/aromatic N) is 2. The van der Waals surface area contributed by atoms with E-state index in [1.54, 1.807) is 5.38 Å². The number of carbonyl (C=O) groups is 1. The predicted molar refractivity (Wildman–Crippen MR) is 83.2 cm³/mol. The van der Waals surface area contributed by atoms with Crippen LogP contribution in [0.2, 0.25) is 0 Å². The highest BCUT2D eigenvalue weighted by Gasteiger charge is 2.10. The lowest BCUT2D eigenvalue weighted by atomic mass is 10.2. The van der Waals surface area contributed by atoms with E-state index in [0.717, 1.165) is 24.3 Å². The number of ether oxygens (including phenoxy) is 1. The Kier molecular flexibility index (Phi) is 5.30. The Labute approximate surface area is 127 Å². The number of carboxylic acid groups (broad SMARTS) is 1. The SMILES string of the molecule is CN(C)CCCOc1cccc(-c2nc(C(=O)O)cs2)c1. The number of benzene rings is 1. The monoisotopic (exact) mass is 306 g/mol. The summed E-state index contributed by atoms with van der Waals surface area (Å²) in [7, 11) is 4.06. The van der Waals surface area contributed by atoms with E-state index in [1.807, 2.05) is 38.4 Å². The maximum atomic E-state index is 10.9. The minimum atomic E-state index is -1.01. The molecule has 0 amide bonds. The average Bonchev–Trinajstić information content (AvgIpc) is 2.94. The Morgan fingerprint density at radius 2 is 2.24 bits per heavy atom. The van der Waals surface area contributed by atoms with Gasteiger partial charge in [-0.3, -0.25) is 0 Å². The van der Waals surface area contributed by atoms with Gasteiger partial charge in [0.15, 0.2) is 5.69 Å². The molecule has 1 aromatic heterocycles. The van der Waals surface area contributed by atoms with Crippen LogP contribution >= 0.6 is 11.3 Å². The minimum Gasteiger partial charge on any atom is -0.494 e. The van der Waals surface area contributed by atoms with Crippen LogP contribution in [0.4, 0.5) is 0 Å². The zero-order valence-corrected chi connectivity index (χ0v) is 12.9. The van der Waals surface area contributed by atoms with E-state index in [-0.39, 0.29) is 5.69 Å². The molecule has 1 aromatic carbocycles. The van der Waals surface area contributed by atoms with Gasteiger partial charge in [0.2, 0.25) is 0 Å². The molecule has 0 aliphatic heterocycles. The van der Waals surface area contributed by atoms with Gasteiger partial charge in [0.25, 0.3) is 0 Å². The van der Waals surface area contributed by atoms with Crippen molar-refractivity contribution in [3.05, 3.63) is 35.3 Å². The molecule has 6 heteroatoms. The summed E-state index contributed by atoms with van der Waals surface area (Å²) < 4.78 is 5.71. The van der Waals surface area contributed by atoms with Crippen LogP contribution < -0.4 is 4.74 Å². The van der Waals surface area contributed by atoms with Crippen molar-refractivity contribution >= 4 is 17.3 Å². The van der Waals surface area contributed by atoms with E-state index < -0.39 is 5.97 Å². The Balaban J connectivity index is 2.01. The quantitative estimate of drug-likeness (QED) is 0.797. The third-order valence-electron chi connectivity index (χ3n) is 2.82. The van der Waals surface area contributed by atoms with Crippen molar-refractivity contribution in [1.29, 1.82) is 0 Å². The molecule has 1 heterocycles. The molecule has 112 valence electrons. The standard InChI is InChI=1S/C15H18N2O3S/c1-17(2)7-4-8-20-12-6-3-5-11(9-12)14-16-13(10-21-14)15(18)19/h3,5-6,9-10H,4,7-8H2,1-2H3,(H,18,19). The van der Waals surface area contributed by atoms with Crippen LogP contribution in [0.15, 0.2) is 29.6 Å². The van der Waals surface area contributed by atoms with Crippen LogP contribution in [0.3, 0.4) is 0 Å². The summed E-state index contributed by atoms with van der Waals surface area (Å²) in [6.07, 6.45) is 0.956. The number of thiazole rings is 1. The second-order valence-electron chi connectivity index (χ2n) is 4.88. The van der Waals surface area contributed by atoms with Gasteiger partial charge in [-0.05, 0) is 32.6 Å². The van der Waals surface area contributed by atoms with Crippen molar-refractivity contribution in [1.82, 2.24) is 9.88 Å². The first-order chi connectivity index (χ1) is 10.1. The molecule has 0 bridgehead atoms. The summed E-state index contributed by atoms with van der Waals surface area (Å²) in [5, 5.41) is 11.1. The molecule has 0 radical (unpaired) electrons. The maximum Gasteiger partial charge on any atom is 0.355 e. The van der Waals surface area contributed by atoms with Crippen LogP contribution in [0.5, 0.6) is 5.75 Å². The van der Waals surface area contributed by atoms with Crippen LogP contribution in [0.1, 0.15) is 16.9 Å². The molecule has 0 saturated carbocycles. The molecule has 0 aliphatic rings. The molecule has 21 heavy (non-hydrogen) atoms. The van der Waals surface area contributed by atoms with E-state index in [2.05, 4.69) is 9.88 Å². The van der Waals surface area contributed by atoms with Gasteiger partial charge in [0, 0.05) is 17.5 Å². The van der Waals surface area contributed by atoms with Crippen LogP contribution in [0, 0.1) is 0 Å². The van der Waals surface area contributed by atoms with Gasteiger partial charge >= 0.3 is 5.97 Å². The Hall–Kier alpha value is -1.92. The molecule has 5 nitrogen and oxygen atoms in total. The van der Waals surface area contributed by atoms with Crippen LogP contribution in [-0.4, -0.2) is 48.2 Å². The fraction of sp³-hybridized carbons (Fsp3) is 0.333. The van der Waals surface area contributed by atoms with Crippen LogP contribution in [0.25, 0.3) is 10.6 Å². The summed E-state index contributed by atoms with van der Waals surface area (Å²) in [6, 6.07) is 7.57. The molecule has 0 unspecified atom stereocenters. The van der Waals surface area contributed by atoms with Gasteiger partial charge in [-0.15, -0.1) is 11.3 Å². The van der Waals surface area contributed by atoms with Crippen molar-refractivity contribution < 1.29 is 14.6 Å². The Morgan fingerprint density at radius 1 is 1.43 bits per heavy atom. The number of aromatic nitrogens is 1. The second kappa shape index (κ2) is 7.19. The predicted octanol–water partition coefficient (Wildman–Crippen LogP) is 2.84. The molecule has 0 fully saturated rings. The van der Waals surface area contributed by atoms with Gasteiger partial charge in [0.1, 0.15) is 10.8 Å². The second-order valence-corrected chi connectivity index (χ2v) is 5.73. The third kappa shape index (κ3) is 4.54. The van der Waals surface area contributed by atoms with Gasteiger partial charge < -0.3 is 14.7 Å². The Morgan fingerprint density at radius 3 is 2.90 bits per heavy atom. The van der Waals surface area contributed by atoms with Crippen molar-refractivity contribution in [2.24, 2.45) is 0 Å². The summed E-state index contributed by atoms with van der Waals surface area (Å²) in [5.74, 6) is -0.230. The van der Waals surface area contributed by atoms with E-state index in [9.17, 15) is 4.79 Å². The molecule has 0 saturated heterocycles. The molecule has 2 aromatic rings. The number of hydrogen-bond donors (Lipinski definition) is 1. The summed E-state index contributed by atoms with van der Waals surface area (Å²) in [6.45, 7) is 1.63. The lowest BCUT2D eigenvalue weighted by Gasteiger charge is -2.10. The highest BCUT2D eigenvalue weighted by atomic mass is 32.1. The van der Waals surface area contributed by atoms with Crippen molar-refractivity contribution in [3.8, 4) is 16.3 Å². The zero-order chi connectivity index (χ0) is 15.2. The Bertz CT molecular complexity index is 610. The van der Waals surface area contributed by atoms with Crippen molar-refractivity contribution in [3.63, 3.8) is 0 Å². The number of hydrogen-bond acceptors (Lipinski definition) is 5. The van der Waals surface area contributed by atoms with E-state index in [0.29, 0.717) is 11.6 Å². The molecule has 0 aliphatic carbocycles.